The predicted octanol–water partition coefficient (Wildman–Crippen LogP) is 1.21. The Morgan fingerprint density at radius 2 is 1.79 bits per heavy atom. The number of nitrogens with one attached hydrogen (secondary N) is 3. The number of hydrogen-bond acceptors (Lipinski definition) is 5. The number of benzene rings is 1. The molecule has 0 radical (unpaired) electrons. The van der Waals surface area contributed by atoms with Crippen molar-refractivity contribution in [2.75, 3.05) is 46.9 Å². The maximum atomic E-state index is 12.1. The summed E-state index contributed by atoms with van der Waals surface area (Å²) in [6.45, 7) is 4.52. The fourth-order valence-corrected chi connectivity index (χ4v) is 3.01. The van der Waals surface area contributed by atoms with E-state index < -0.39 is 0 Å². The number of aliphatic imine (C=N–C) groups is 1. The van der Waals surface area contributed by atoms with E-state index in [2.05, 4.69) is 20.9 Å². The summed E-state index contributed by atoms with van der Waals surface area (Å²) >= 11 is 0. The number of rotatable bonds is 7. The van der Waals surface area contributed by atoms with Crippen LogP contribution in [-0.4, -0.2) is 75.8 Å². The predicted molar refractivity (Wildman–Crippen MR) is 111 cm³/mol. The summed E-state index contributed by atoms with van der Waals surface area (Å²) in [5, 5.41) is 9.42. The lowest BCUT2D eigenvalue weighted by atomic mass is 10.1. The summed E-state index contributed by atoms with van der Waals surface area (Å²) in [6, 6.07) is 7.20. The van der Waals surface area contributed by atoms with Gasteiger partial charge in [-0.2, -0.15) is 0 Å². The molecular formula is C20H31N5O4. The molecule has 2 rings (SSSR count). The first-order valence-corrected chi connectivity index (χ1v) is 9.88. The fraction of sp³-hybridized carbons (Fsp3) is 0.550. The van der Waals surface area contributed by atoms with Gasteiger partial charge in [-0.1, -0.05) is 0 Å². The Kier molecular flexibility index (Phi) is 9.07. The van der Waals surface area contributed by atoms with Crippen molar-refractivity contribution in [3.8, 4) is 5.75 Å². The lowest BCUT2D eigenvalue weighted by Crippen LogP contribution is -2.50. The zero-order valence-electron chi connectivity index (χ0n) is 17.4. The van der Waals surface area contributed by atoms with Crippen molar-refractivity contribution in [2.24, 2.45) is 4.99 Å². The zero-order chi connectivity index (χ0) is 21.1. The largest absolute Gasteiger partial charge is 0.497 e. The Morgan fingerprint density at radius 1 is 1.14 bits per heavy atom. The van der Waals surface area contributed by atoms with Crippen molar-refractivity contribution in [2.45, 2.75) is 25.8 Å². The Bertz CT molecular complexity index is 685. The van der Waals surface area contributed by atoms with Gasteiger partial charge in [-0.3, -0.25) is 9.79 Å². The number of methoxy groups -OCH3 is 1. The summed E-state index contributed by atoms with van der Waals surface area (Å²) in [4.78, 5) is 29.8. The van der Waals surface area contributed by atoms with Gasteiger partial charge in [0, 0.05) is 44.8 Å². The third-order valence-electron chi connectivity index (χ3n) is 4.64. The van der Waals surface area contributed by atoms with Crippen LogP contribution >= 0.6 is 0 Å². The Labute approximate surface area is 171 Å². The number of hydrogen-bond donors (Lipinski definition) is 3. The molecule has 1 fully saturated rings. The van der Waals surface area contributed by atoms with Crippen LogP contribution < -0.4 is 20.7 Å². The highest BCUT2D eigenvalue weighted by Crippen LogP contribution is 2.12. The maximum absolute atomic E-state index is 12.1. The SMILES string of the molecule is CCOC(=O)N1CCC(NC(=NC)NCCNC(=O)c2ccc(OC)cc2)CC1. The van der Waals surface area contributed by atoms with E-state index in [1.807, 2.05) is 0 Å². The first-order chi connectivity index (χ1) is 14.1. The summed E-state index contributed by atoms with van der Waals surface area (Å²) in [5.41, 5.74) is 0.585. The van der Waals surface area contributed by atoms with E-state index in [1.54, 1.807) is 50.2 Å². The topological polar surface area (TPSA) is 104 Å². The smallest absolute Gasteiger partial charge is 0.409 e. The fourth-order valence-electron chi connectivity index (χ4n) is 3.01. The average Bonchev–Trinajstić information content (AvgIpc) is 2.76. The van der Waals surface area contributed by atoms with Crippen molar-refractivity contribution in [1.29, 1.82) is 0 Å². The van der Waals surface area contributed by atoms with E-state index in [-0.39, 0.29) is 18.0 Å². The van der Waals surface area contributed by atoms with Crippen LogP contribution in [-0.2, 0) is 4.74 Å². The number of carbonyl (C=O) groups is 2. The molecule has 1 heterocycles. The summed E-state index contributed by atoms with van der Waals surface area (Å²) in [7, 11) is 3.30. The van der Waals surface area contributed by atoms with Crippen LogP contribution in [0, 0.1) is 0 Å². The van der Waals surface area contributed by atoms with Crippen LogP contribution in [0.2, 0.25) is 0 Å². The molecule has 1 aliphatic heterocycles. The van der Waals surface area contributed by atoms with Gasteiger partial charge in [0.1, 0.15) is 5.75 Å². The molecule has 2 amide bonds. The van der Waals surface area contributed by atoms with E-state index in [0.717, 1.165) is 12.8 Å². The maximum Gasteiger partial charge on any atom is 0.409 e. The first-order valence-electron chi connectivity index (χ1n) is 9.88. The van der Waals surface area contributed by atoms with Crippen molar-refractivity contribution in [1.82, 2.24) is 20.9 Å². The molecule has 0 spiro atoms. The van der Waals surface area contributed by atoms with Gasteiger partial charge >= 0.3 is 6.09 Å². The minimum Gasteiger partial charge on any atom is -0.497 e. The summed E-state index contributed by atoms with van der Waals surface area (Å²) in [5.74, 6) is 1.26. The van der Waals surface area contributed by atoms with Gasteiger partial charge in [0.2, 0.25) is 0 Å². The van der Waals surface area contributed by atoms with Gasteiger partial charge in [-0.05, 0) is 44.0 Å². The van der Waals surface area contributed by atoms with Gasteiger partial charge in [0.05, 0.1) is 13.7 Å². The molecule has 9 nitrogen and oxygen atoms in total. The highest BCUT2D eigenvalue weighted by Gasteiger charge is 2.23. The summed E-state index contributed by atoms with van der Waals surface area (Å²) < 4.78 is 10.1. The first kappa shape index (κ1) is 22.3. The number of amides is 2. The molecule has 9 heteroatoms. The number of ether oxygens (including phenoxy) is 2. The number of nitrogens with zero attached hydrogens (tertiary/aromatic N) is 2. The second kappa shape index (κ2) is 11.8. The number of guanidine groups is 1. The quantitative estimate of drug-likeness (QED) is 0.358. The molecule has 0 aliphatic carbocycles. The van der Waals surface area contributed by atoms with Crippen molar-refractivity contribution in [3.63, 3.8) is 0 Å². The molecule has 1 aromatic rings. The van der Waals surface area contributed by atoms with Crippen molar-refractivity contribution < 1.29 is 19.1 Å². The van der Waals surface area contributed by atoms with Gasteiger partial charge in [0.15, 0.2) is 5.96 Å². The molecule has 0 saturated carbocycles. The molecule has 3 N–H and O–H groups in total. The van der Waals surface area contributed by atoms with E-state index in [4.69, 9.17) is 9.47 Å². The van der Waals surface area contributed by atoms with E-state index in [9.17, 15) is 9.59 Å². The number of piperidine rings is 1. The number of likely N-dealkylation sites (tertiary alicyclic amines) is 1. The third-order valence-corrected chi connectivity index (χ3v) is 4.64. The minimum absolute atomic E-state index is 0.135. The summed E-state index contributed by atoms with van der Waals surface area (Å²) in [6.07, 6.45) is 1.41. The van der Waals surface area contributed by atoms with Crippen LogP contribution in [0.3, 0.4) is 0 Å². The molecule has 29 heavy (non-hydrogen) atoms. The third kappa shape index (κ3) is 7.17. The van der Waals surface area contributed by atoms with Gasteiger partial charge < -0.3 is 30.3 Å². The number of carbonyl (C=O) groups excluding carboxylic acids is 2. The molecule has 1 aromatic carbocycles. The normalized spacial score (nSPS) is 14.9. The van der Waals surface area contributed by atoms with Crippen LogP contribution in [0.15, 0.2) is 29.3 Å². The Morgan fingerprint density at radius 3 is 2.38 bits per heavy atom. The van der Waals surface area contributed by atoms with Gasteiger partial charge in [0.25, 0.3) is 5.91 Å². The molecule has 1 saturated heterocycles. The van der Waals surface area contributed by atoms with E-state index in [1.165, 1.54) is 0 Å². The van der Waals surface area contributed by atoms with Crippen LogP contribution in [0.5, 0.6) is 5.75 Å². The van der Waals surface area contributed by atoms with Crippen LogP contribution in [0.1, 0.15) is 30.1 Å². The highest BCUT2D eigenvalue weighted by molar-refractivity contribution is 5.94. The van der Waals surface area contributed by atoms with Crippen LogP contribution in [0.25, 0.3) is 0 Å². The monoisotopic (exact) mass is 405 g/mol. The lowest BCUT2D eigenvalue weighted by Gasteiger charge is -2.32. The Hall–Kier alpha value is -2.97. The molecule has 0 aromatic heterocycles. The molecule has 0 bridgehead atoms. The van der Waals surface area contributed by atoms with Gasteiger partial charge in [-0.25, -0.2) is 4.79 Å². The average molecular weight is 405 g/mol. The molecule has 0 atom stereocenters. The second-order valence-electron chi connectivity index (χ2n) is 6.59. The van der Waals surface area contributed by atoms with Crippen molar-refractivity contribution >= 4 is 18.0 Å². The molecule has 0 unspecified atom stereocenters. The zero-order valence-corrected chi connectivity index (χ0v) is 17.4. The van der Waals surface area contributed by atoms with E-state index >= 15 is 0 Å². The molecule has 1 aliphatic rings. The van der Waals surface area contributed by atoms with E-state index in [0.29, 0.717) is 50.1 Å². The molecular weight excluding hydrogens is 374 g/mol. The second-order valence-corrected chi connectivity index (χ2v) is 6.59. The molecule has 160 valence electrons. The highest BCUT2D eigenvalue weighted by atomic mass is 16.6. The van der Waals surface area contributed by atoms with Crippen molar-refractivity contribution in [3.05, 3.63) is 29.8 Å². The lowest BCUT2D eigenvalue weighted by molar-refractivity contribution is 0.0948. The Balaban J connectivity index is 1.66. The standard InChI is InChI=1S/C20H31N5O4/c1-4-29-20(27)25-13-9-16(10-14-25)24-19(21-2)23-12-11-22-18(26)15-5-7-17(28-3)8-6-15/h5-8,16H,4,9-14H2,1-3H3,(H,22,26)(H2,21,23,24). The van der Waals surface area contributed by atoms with Gasteiger partial charge in [-0.15, -0.1) is 0 Å². The van der Waals surface area contributed by atoms with Crippen LogP contribution in [0.4, 0.5) is 4.79 Å². The minimum atomic E-state index is -0.249.